The highest BCUT2D eigenvalue weighted by molar-refractivity contribution is 7.89. The maximum atomic E-state index is 13.1. The van der Waals surface area contributed by atoms with Crippen molar-refractivity contribution in [3.8, 4) is 0 Å². The molecule has 0 aromatic heterocycles. The lowest BCUT2D eigenvalue weighted by Gasteiger charge is -2.08. The molecule has 0 saturated heterocycles. The van der Waals surface area contributed by atoms with E-state index in [9.17, 15) is 12.8 Å². The quantitative estimate of drug-likeness (QED) is 0.703. The van der Waals surface area contributed by atoms with Gasteiger partial charge in [-0.25, -0.2) is 17.5 Å². The molecule has 0 saturated carbocycles. The Morgan fingerprint density at radius 2 is 2.00 bits per heavy atom. The first-order valence-electron chi connectivity index (χ1n) is 5.61. The van der Waals surface area contributed by atoms with Gasteiger partial charge in [0.2, 0.25) is 10.0 Å². The molecule has 2 N–H and O–H groups in total. The standard InChI is InChI=1S/C11H16ClFN2O3S/c1-18-5-4-14-2-3-15-19(16,17)11-7-9(12)6-10(13)8-11/h6-8,14-15H,2-5H2,1H3. The van der Waals surface area contributed by atoms with Crippen LogP contribution in [-0.2, 0) is 14.8 Å². The monoisotopic (exact) mass is 310 g/mol. The zero-order valence-corrected chi connectivity index (χ0v) is 12.0. The number of hydrogen-bond acceptors (Lipinski definition) is 4. The highest BCUT2D eigenvalue weighted by Gasteiger charge is 2.15. The van der Waals surface area contributed by atoms with Crippen LogP contribution >= 0.6 is 11.6 Å². The number of benzene rings is 1. The smallest absolute Gasteiger partial charge is 0.240 e. The first kappa shape index (κ1) is 16.3. The summed E-state index contributed by atoms with van der Waals surface area (Å²) in [4.78, 5) is -0.186. The van der Waals surface area contributed by atoms with Crippen LogP contribution in [0.5, 0.6) is 0 Å². The Labute approximate surface area is 117 Å². The molecule has 19 heavy (non-hydrogen) atoms. The van der Waals surface area contributed by atoms with Crippen LogP contribution in [0.3, 0.4) is 0 Å². The fraction of sp³-hybridized carbons (Fsp3) is 0.455. The molecule has 0 spiro atoms. The number of rotatable bonds is 8. The van der Waals surface area contributed by atoms with Crippen LogP contribution < -0.4 is 10.0 Å². The van der Waals surface area contributed by atoms with Crippen molar-refractivity contribution in [2.75, 3.05) is 33.4 Å². The van der Waals surface area contributed by atoms with Crippen molar-refractivity contribution >= 4 is 21.6 Å². The molecule has 0 radical (unpaired) electrons. The van der Waals surface area contributed by atoms with Crippen LogP contribution in [0.4, 0.5) is 4.39 Å². The molecule has 0 aliphatic heterocycles. The van der Waals surface area contributed by atoms with Gasteiger partial charge in [0.15, 0.2) is 0 Å². The summed E-state index contributed by atoms with van der Waals surface area (Å²) in [5, 5.41) is 3.02. The third-order valence-corrected chi connectivity index (χ3v) is 3.88. The number of nitrogens with one attached hydrogen (secondary N) is 2. The zero-order valence-electron chi connectivity index (χ0n) is 10.4. The van der Waals surface area contributed by atoms with E-state index in [1.54, 1.807) is 7.11 Å². The van der Waals surface area contributed by atoms with Gasteiger partial charge in [-0.05, 0) is 18.2 Å². The molecular weight excluding hydrogens is 295 g/mol. The van der Waals surface area contributed by atoms with Crippen LogP contribution in [0.25, 0.3) is 0 Å². The molecule has 0 atom stereocenters. The molecule has 0 bridgehead atoms. The number of methoxy groups -OCH3 is 1. The van der Waals surface area contributed by atoms with Crippen LogP contribution in [0.1, 0.15) is 0 Å². The average molecular weight is 311 g/mol. The summed E-state index contributed by atoms with van der Waals surface area (Å²) >= 11 is 5.62. The molecule has 0 fully saturated rings. The second-order valence-corrected chi connectivity index (χ2v) is 5.95. The van der Waals surface area contributed by atoms with E-state index in [-0.39, 0.29) is 16.5 Å². The summed E-state index contributed by atoms with van der Waals surface area (Å²) in [6, 6.07) is 3.17. The Balaban J connectivity index is 2.51. The van der Waals surface area contributed by atoms with Crippen molar-refractivity contribution < 1.29 is 17.5 Å². The van der Waals surface area contributed by atoms with Crippen LogP contribution in [-0.4, -0.2) is 41.8 Å². The summed E-state index contributed by atoms with van der Waals surface area (Å²) < 4.78 is 43.9. The maximum Gasteiger partial charge on any atom is 0.240 e. The SMILES string of the molecule is COCCNCCNS(=O)(=O)c1cc(F)cc(Cl)c1. The summed E-state index contributed by atoms with van der Waals surface area (Å²) in [6.45, 7) is 1.82. The van der Waals surface area contributed by atoms with Gasteiger partial charge in [-0.1, -0.05) is 11.6 Å². The Morgan fingerprint density at radius 1 is 1.26 bits per heavy atom. The topological polar surface area (TPSA) is 67.4 Å². The minimum Gasteiger partial charge on any atom is -0.383 e. The van der Waals surface area contributed by atoms with E-state index in [0.717, 1.165) is 12.1 Å². The summed E-state index contributed by atoms with van der Waals surface area (Å²) in [7, 11) is -2.16. The number of hydrogen-bond donors (Lipinski definition) is 2. The van der Waals surface area contributed by atoms with Gasteiger partial charge in [-0.15, -0.1) is 0 Å². The number of ether oxygens (including phenoxy) is 1. The molecule has 8 heteroatoms. The fourth-order valence-electron chi connectivity index (χ4n) is 1.34. The Hall–Kier alpha value is -0.730. The lowest BCUT2D eigenvalue weighted by Crippen LogP contribution is -2.33. The first-order valence-corrected chi connectivity index (χ1v) is 7.47. The molecule has 5 nitrogen and oxygen atoms in total. The van der Waals surface area contributed by atoms with Crippen molar-refractivity contribution in [1.82, 2.24) is 10.0 Å². The minimum atomic E-state index is -3.74. The average Bonchev–Trinajstić information content (AvgIpc) is 2.32. The van der Waals surface area contributed by atoms with Crippen LogP contribution in [0, 0.1) is 5.82 Å². The fourth-order valence-corrected chi connectivity index (χ4v) is 2.71. The third-order valence-electron chi connectivity index (χ3n) is 2.22. The zero-order chi connectivity index (χ0) is 14.3. The molecule has 1 aromatic rings. The van der Waals surface area contributed by atoms with Gasteiger partial charge in [0.05, 0.1) is 11.5 Å². The normalized spacial score (nSPS) is 11.7. The molecule has 108 valence electrons. The highest BCUT2D eigenvalue weighted by atomic mass is 35.5. The van der Waals surface area contributed by atoms with E-state index >= 15 is 0 Å². The van der Waals surface area contributed by atoms with Crippen molar-refractivity contribution in [2.45, 2.75) is 4.90 Å². The Kier molecular flexibility index (Phi) is 6.67. The maximum absolute atomic E-state index is 13.1. The summed E-state index contributed by atoms with van der Waals surface area (Å²) in [5.41, 5.74) is 0. The summed E-state index contributed by atoms with van der Waals surface area (Å²) in [6.07, 6.45) is 0. The van der Waals surface area contributed by atoms with Gasteiger partial charge in [0.1, 0.15) is 5.82 Å². The lowest BCUT2D eigenvalue weighted by molar-refractivity contribution is 0.199. The second kappa shape index (κ2) is 7.76. The van der Waals surface area contributed by atoms with E-state index < -0.39 is 15.8 Å². The second-order valence-electron chi connectivity index (χ2n) is 3.75. The van der Waals surface area contributed by atoms with Gasteiger partial charge >= 0.3 is 0 Å². The molecule has 1 aromatic carbocycles. The number of halogens is 2. The van der Waals surface area contributed by atoms with Gasteiger partial charge in [-0.3, -0.25) is 0 Å². The van der Waals surface area contributed by atoms with Gasteiger partial charge < -0.3 is 10.1 Å². The minimum absolute atomic E-state index is 0.0404. The van der Waals surface area contributed by atoms with Gasteiger partial charge in [0, 0.05) is 31.8 Å². The predicted molar refractivity (Wildman–Crippen MR) is 71.3 cm³/mol. The van der Waals surface area contributed by atoms with E-state index in [1.165, 1.54) is 6.07 Å². The van der Waals surface area contributed by atoms with Crippen molar-refractivity contribution in [2.24, 2.45) is 0 Å². The van der Waals surface area contributed by atoms with Crippen molar-refractivity contribution in [1.29, 1.82) is 0 Å². The van der Waals surface area contributed by atoms with Crippen molar-refractivity contribution in [3.05, 3.63) is 29.0 Å². The highest BCUT2D eigenvalue weighted by Crippen LogP contribution is 2.17. The molecule has 0 amide bonds. The molecule has 0 heterocycles. The van der Waals surface area contributed by atoms with E-state index in [1.807, 2.05) is 0 Å². The molecular formula is C11H16ClFN2O3S. The molecule has 0 aliphatic rings. The van der Waals surface area contributed by atoms with Gasteiger partial charge in [-0.2, -0.15) is 0 Å². The molecule has 1 rings (SSSR count). The van der Waals surface area contributed by atoms with E-state index in [4.69, 9.17) is 16.3 Å². The number of sulfonamides is 1. The van der Waals surface area contributed by atoms with Crippen LogP contribution in [0.15, 0.2) is 23.1 Å². The van der Waals surface area contributed by atoms with E-state index in [0.29, 0.717) is 19.7 Å². The molecule has 0 unspecified atom stereocenters. The van der Waals surface area contributed by atoms with Crippen molar-refractivity contribution in [3.63, 3.8) is 0 Å². The Bertz CT molecular complexity index is 490. The predicted octanol–water partition coefficient (Wildman–Crippen LogP) is 0.993. The van der Waals surface area contributed by atoms with Crippen LogP contribution in [0.2, 0.25) is 5.02 Å². The first-order chi connectivity index (χ1) is 8.95. The lowest BCUT2D eigenvalue weighted by atomic mass is 10.3. The summed E-state index contributed by atoms with van der Waals surface area (Å²) in [5.74, 6) is -0.689. The Morgan fingerprint density at radius 3 is 2.63 bits per heavy atom. The largest absolute Gasteiger partial charge is 0.383 e. The van der Waals surface area contributed by atoms with E-state index in [2.05, 4.69) is 10.0 Å². The molecule has 0 aliphatic carbocycles. The third kappa shape index (κ3) is 5.84. The van der Waals surface area contributed by atoms with Gasteiger partial charge in [0.25, 0.3) is 0 Å².